The second-order valence-electron chi connectivity index (χ2n) is 4.70. The molecule has 1 aromatic rings. The Morgan fingerprint density at radius 2 is 2.11 bits per heavy atom. The van der Waals surface area contributed by atoms with Crippen LogP contribution in [-0.2, 0) is 0 Å². The minimum Gasteiger partial charge on any atom is -0.493 e. The third kappa shape index (κ3) is 4.63. The maximum Gasteiger partial charge on any atom is 0.126 e. The van der Waals surface area contributed by atoms with Crippen molar-refractivity contribution in [2.75, 3.05) is 34.3 Å². The number of hydrogen-bond donors (Lipinski definition) is 1. The van der Waals surface area contributed by atoms with Gasteiger partial charge in [-0.25, -0.2) is 4.39 Å². The topological polar surface area (TPSA) is 24.5 Å². The zero-order chi connectivity index (χ0) is 13.5. The molecule has 0 spiro atoms. The summed E-state index contributed by atoms with van der Waals surface area (Å²) in [5, 5.41) is 3.14. The van der Waals surface area contributed by atoms with Crippen molar-refractivity contribution in [2.24, 2.45) is 0 Å². The van der Waals surface area contributed by atoms with E-state index in [0.29, 0.717) is 12.4 Å². The van der Waals surface area contributed by atoms with Gasteiger partial charge in [0.1, 0.15) is 11.6 Å². The van der Waals surface area contributed by atoms with Gasteiger partial charge in [0, 0.05) is 24.2 Å². The Bertz CT molecular complexity index is 369. The first-order valence-corrected chi connectivity index (χ1v) is 6.29. The van der Waals surface area contributed by atoms with Crippen molar-refractivity contribution in [3.63, 3.8) is 0 Å². The summed E-state index contributed by atoms with van der Waals surface area (Å²) in [6, 6.07) is 4.85. The molecule has 1 aromatic carbocycles. The van der Waals surface area contributed by atoms with Crippen LogP contribution in [0.25, 0.3) is 0 Å². The van der Waals surface area contributed by atoms with E-state index in [4.69, 9.17) is 4.74 Å². The number of nitrogens with zero attached hydrogens (tertiary/aromatic N) is 1. The molecule has 102 valence electrons. The fourth-order valence-corrected chi connectivity index (χ4v) is 1.71. The highest BCUT2D eigenvalue weighted by atomic mass is 19.1. The molecule has 3 nitrogen and oxygen atoms in total. The Morgan fingerprint density at radius 3 is 2.72 bits per heavy atom. The van der Waals surface area contributed by atoms with Crippen LogP contribution in [0.3, 0.4) is 0 Å². The van der Waals surface area contributed by atoms with Crippen LogP contribution in [0.1, 0.15) is 24.9 Å². The van der Waals surface area contributed by atoms with Gasteiger partial charge >= 0.3 is 0 Å². The van der Waals surface area contributed by atoms with Crippen LogP contribution in [-0.4, -0.2) is 39.2 Å². The van der Waals surface area contributed by atoms with Gasteiger partial charge in [-0.1, -0.05) is 6.07 Å². The SMILES string of the molecule is CNC(C)c1ccc(F)cc1OCCCN(C)C. The van der Waals surface area contributed by atoms with E-state index in [1.54, 1.807) is 6.07 Å². The van der Waals surface area contributed by atoms with Crippen molar-refractivity contribution in [2.45, 2.75) is 19.4 Å². The van der Waals surface area contributed by atoms with E-state index in [0.717, 1.165) is 18.5 Å². The molecule has 0 bridgehead atoms. The normalized spacial score (nSPS) is 12.8. The lowest BCUT2D eigenvalue weighted by molar-refractivity contribution is 0.276. The monoisotopic (exact) mass is 254 g/mol. The summed E-state index contributed by atoms with van der Waals surface area (Å²) in [5.41, 5.74) is 0.990. The third-order valence-electron chi connectivity index (χ3n) is 2.88. The Labute approximate surface area is 109 Å². The van der Waals surface area contributed by atoms with Crippen LogP contribution in [0, 0.1) is 5.82 Å². The first-order chi connectivity index (χ1) is 8.54. The Balaban J connectivity index is 2.64. The third-order valence-corrected chi connectivity index (χ3v) is 2.88. The molecule has 1 N–H and O–H groups in total. The van der Waals surface area contributed by atoms with Gasteiger partial charge in [0.25, 0.3) is 0 Å². The molecule has 18 heavy (non-hydrogen) atoms. The quantitative estimate of drug-likeness (QED) is 0.756. The lowest BCUT2D eigenvalue weighted by Crippen LogP contribution is -2.17. The molecule has 0 radical (unpaired) electrons. The molecule has 0 aliphatic rings. The lowest BCUT2D eigenvalue weighted by atomic mass is 10.1. The second kappa shape index (κ2) is 7.34. The first kappa shape index (κ1) is 14.9. The van der Waals surface area contributed by atoms with Gasteiger partial charge in [-0.3, -0.25) is 0 Å². The van der Waals surface area contributed by atoms with Gasteiger partial charge in [0.15, 0.2) is 0 Å². The highest BCUT2D eigenvalue weighted by Gasteiger charge is 2.11. The van der Waals surface area contributed by atoms with Crippen molar-refractivity contribution < 1.29 is 9.13 Å². The van der Waals surface area contributed by atoms with Crippen LogP contribution in [0.4, 0.5) is 4.39 Å². The average Bonchev–Trinajstić information content (AvgIpc) is 2.33. The zero-order valence-electron chi connectivity index (χ0n) is 11.7. The molecule has 0 saturated carbocycles. The molecule has 0 saturated heterocycles. The molecule has 1 rings (SSSR count). The molecule has 0 amide bonds. The standard InChI is InChI=1S/C14H23FN2O/c1-11(16-2)13-7-6-12(15)10-14(13)18-9-5-8-17(3)4/h6-7,10-11,16H,5,8-9H2,1-4H3. The summed E-state index contributed by atoms with van der Waals surface area (Å²) in [5.74, 6) is 0.375. The molecule has 0 fully saturated rings. The Hall–Kier alpha value is -1.13. The fourth-order valence-electron chi connectivity index (χ4n) is 1.71. The molecule has 0 aromatic heterocycles. The van der Waals surface area contributed by atoms with Crippen molar-refractivity contribution in [1.29, 1.82) is 0 Å². The van der Waals surface area contributed by atoms with Crippen molar-refractivity contribution >= 4 is 0 Å². The highest BCUT2D eigenvalue weighted by molar-refractivity contribution is 5.36. The number of ether oxygens (including phenoxy) is 1. The second-order valence-corrected chi connectivity index (χ2v) is 4.70. The summed E-state index contributed by atoms with van der Waals surface area (Å²) < 4.78 is 18.9. The summed E-state index contributed by atoms with van der Waals surface area (Å²) in [6.07, 6.45) is 0.927. The minimum absolute atomic E-state index is 0.148. The minimum atomic E-state index is -0.260. The summed E-state index contributed by atoms with van der Waals surface area (Å²) in [4.78, 5) is 2.10. The van der Waals surface area contributed by atoms with E-state index in [1.165, 1.54) is 12.1 Å². The van der Waals surface area contributed by atoms with E-state index in [9.17, 15) is 4.39 Å². The Morgan fingerprint density at radius 1 is 1.39 bits per heavy atom. The predicted octanol–water partition coefficient (Wildman–Crippen LogP) is 2.44. The predicted molar refractivity (Wildman–Crippen MR) is 72.5 cm³/mol. The van der Waals surface area contributed by atoms with E-state index < -0.39 is 0 Å². The van der Waals surface area contributed by atoms with E-state index >= 15 is 0 Å². The molecule has 1 unspecified atom stereocenters. The van der Waals surface area contributed by atoms with E-state index in [2.05, 4.69) is 10.2 Å². The summed E-state index contributed by atoms with van der Waals surface area (Å²) >= 11 is 0. The van der Waals surface area contributed by atoms with Crippen molar-refractivity contribution in [3.8, 4) is 5.75 Å². The smallest absolute Gasteiger partial charge is 0.126 e. The molecule has 0 heterocycles. The van der Waals surface area contributed by atoms with Gasteiger partial charge in [0.05, 0.1) is 6.61 Å². The maximum absolute atomic E-state index is 13.2. The van der Waals surface area contributed by atoms with Crippen LogP contribution in [0.5, 0.6) is 5.75 Å². The van der Waals surface area contributed by atoms with E-state index in [-0.39, 0.29) is 11.9 Å². The molecule has 1 atom stereocenters. The van der Waals surface area contributed by atoms with Gasteiger partial charge in [0.2, 0.25) is 0 Å². The van der Waals surface area contributed by atoms with Crippen LogP contribution < -0.4 is 10.1 Å². The average molecular weight is 254 g/mol. The van der Waals surface area contributed by atoms with E-state index in [1.807, 2.05) is 28.1 Å². The number of nitrogens with one attached hydrogen (secondary N) is 1. The van der Waals surface area contributed by atoms with Gasteiger partial charge < -0.3 is 15.0 Å². The molecule has 0 aliphatic heterocycles. The van der Waals surface area contributed by atoms with Gasteiger partial charge in [-0.15, -0.1) is 0 Å². The maximum atomic E-state index is 13.2. The lowest BCUT2D eigenvalue weighted by Gasteiger charge is -2.17. The largest absolute Gasteiger partial charge is 0.493 e. The first-order valence-electron chi connectivity index (χ1n) is 6.29. The van der Waals surface area contributed by atoms with Crippen molar-refractivity contribution in [1.82, 2.24) is 10.2 Å². The molecular weight excluding hydrogens is 231 g/mol. The fraction of sp³-hybridized carbons (Fsp3) is 0.571. The van der Waals surface area contributed by atoms with Crippen LogP contribution >= 0.6 is 0 Å². The number of benzene rings is 1. The van der Waals surface area contributed by atoms with Crippen LogP contribution in [0.15, 0.2) is 18.2 Å². The number of hydrogen-bond acceptors (Lipinski definition) is 3. The summed E-state index contributed by atoms with van der Waals surface area (Å²) in [7, 11) is 5.93. The highest BCUT2D eigenvalue weighted by Crippen LogP contribution is 2.26. The van der Waals surface area contributed by atoms with Gasteiger partial charge in [-0.2, -0.15) is 0 Å². The Kier molecular flexibility index (Phi) is 6.09. The molecule has 4 heteroatoms. The van der Waals surface area contributed by atoms with Crippen LogP contribution in [0.2, 0.25) is 0 Å². The summed E-state index contributed by atoms with van der Waals surface area (Å²) in [6.45, 7) is 3.59. The van der Waals surface area contributed by atoms with Crippen molar-refractivity contribution in [3.05, 3.63) is 29.6 Å². The number of halogens is 1. The van der Waals surface area contributed by atoms with Gasteiger partial charge in [-0.05, 0) is 40.6 Å². The number of rotatable bonds is 7. The molecular formula is C14H23FN2O. The molecule has 0 aliphatic carbocycles. The zero-order valence-corrected chi connectivity index (χ0v) is 11.7.